The standard InChI is InChI=1S/C27H44/c1-17-11-13-21-19-7-3-5-9-23(19)27(25(21)15-17)24-10-6-4-8-20(24)22-14-12-18(2)16-26(22)27/h17-26H,3-16H2,1-2H3. The molecule has 6 saturated carbocycles. The van der Waals surface area contributed by atoms with Crippen LogP contribution in [-0.2, 0) is 0 Å². The zero-order valence-electron chi connectivity index (χ0n) is 18.2. The van der Waals surface area contributed by atoms with Crippen molar-refractivity contribution in [2.75, 3.05) is 0 Å². The molecule has 6 rings (SSSR count). The van der Waals surface area contributed by atoms with Crippen molar-refractivity contribution in [1.82, 2.24) is 0 Å². The Hall–Kier alpha value is 0. The molecular weight excluding hydrogens is 324 g/mol. The van der Waals surface area contributed by atoms with E-state index in [-0.39, 0.29) is 0 Å². The number of hydrogen-bond acceptors (Lipinski definition) is 0. The molecule has 6 aliphatic rings. The predicted octanol–water partition coefficient (Wildman–Crippen LogP) is 7.72. The summed E-state index contributed by atoms with van der Waals surface area (Å²) in [5.41, 5.74) is 0.814. The smallest absolute Gasteiger partial charge is 0.0173 e. The average molecular weight is 369 g/mol. The SMILES string of the molecule is CC1CCC2C3CCCCC3C3(C4CCCCC4C4CCC(C)CC43)C2C1. The van der Waals surface area contributed by atoms with E-state index in [2.05, 4.69) is 13.8 Å². The van der Waals surface area contributed by atoms with Crippen molar-refractivity contribution < 1.29 is 0 Å². The topological polar surface area (TPSA) is 0 Å². The van der Waals surface area contributed by atoms with Crippen molar-refractivity contribution in [2.24, 2.45) is 64.6 Å². The zero-order valence-corrected chi connectivity index (χ0v) is 18.2. The Bertz CT molecular complexity index is 512. The zero-order chi connectivity index (χ0) is 18.2. The van der Waals surface area contributed by atoms with Gasteiger partial charge in [0.05, 0.1) is 0 Å². The molecule has 1 spiro atoms. The second kappa shape index (κ2) is 6.50. The molecule has 0 radical (unpaired) electrons. The van der Waals surface area contributed by atoms with Gasteiger partial charge >= 0.3 is 0 Å². The molecule has 0 bridgehead atoms. The summed E-state index contributed by atoms with van der Waals surface area (Å²) in [7, 11) is 0. The lowest BCUT2D eigenvalue weighted by Gasteiger charge is -2.52. The van der Waals surface area contributed by atoms with Crippen molar-refractivity contribution in [1.29, 1.82) is 0 Å². The maximum Gasteiger partial charge on any atom is -0.0173 e. The van der Waals surface area contributed by atoms with E-state index in [9.17, 15) is 0 Å². The predicted molar refractivity (Wildman–Crippen MR) is 113 cm³/mol. The molecule has 0 aromatic carbocycles. The molecule has 6 fully saturated rings. The molecule has 6 aliphatic carbocycles. The van der Waals surface area contributed by atoms with Gasteiger partial charge in [-0.15, -0.1) is 0 Å². The lowest BCUT2D eigenvalue weighted by atomic mass is 9.52. The van der Waals surface area contributed by atoms with Crippen LogP contribution >= 0.6 is 0 Å². The molecule has 0 aromatic heterocycles. The van der Waals surface area contributed by atoms with E-state index in [0.717, 1.165) is 64.6 Å². The molecule has 0 heterocycles. The quantitative estimate of drug-likeness (QED) is 0.410. The third-order valence-corrected chi connectivity index (χ3v) is 11.6. The monoisotopic (exact) mass is 368 g/mol. The van der Waals surface area contributed by atoms with Crippen LogP contribution in [0.2, 0.25) is 0 Å². The van der Waals surface area contributed by atoms with E-state index >= 15 is 0 Å². The van der Waals surface area contributed by atoms with Crippen LogP contribution in [0.1, 0.15) is 104 Å². The number of hydrogen-bond donors (Lipinski definition) is 0. The number of fused-ring (bicyclic) bond motifs is 10. The third-order valence-electron chi connectivity index (χ3n) is 11.6. The molecule has 0 N–H and O–H groups in total. The fraction of sp³-hybridized carbons (Fsp3) is 1.00. The van der Waals surface area contributed by atoms with E-state index in [1.807, 2.05) is 0 Å². The molecule has 10 atom stereocenters. The van der Waals surface area contributed by atoms with E-state index in [1.165, 1.54) is 0 Å². The molecule has 0 aromatic rings. The van der Waals surface area contributed by atoms with Gasteiger partial charge in [0.15, 0.2) is 0 Å². The molecular formula is C27H44. The van der Waals surface area contributed by atoms with E-state index in [1.54, 1.807) is 89.9 Å². The molecule has 0 nitrogen and oxygen atoms in total. The minimum absolute atomic E-state index is 0.814. The third kappa shape index (κ3) is 2.34. The molecule has 27 heavy (non-hydrogen) atoms. The van der Waals surface area contributed by atoms with Crippen molar-refractivity contribution >= 4 is 0 Å². The van der Waals surface area contributed by atoms with Crippen LogP contribution < -0.4 is 0 Å². The van der Waals surface area contributed by atoms with Crippen molar-refractivity contribution in [3.8, 4) is 0 Å². The van der Waals surface area contributed by atoms with Crippen LogP contribution in [0, 0.1) is 64.6 Å². The summed E-state index contributed by atoms with van der Waals surface area (Å²) in [6.07, 6.45) is 22.3. The van der Waals surface area contributed by atoms with Gasteiger partial charge in [-0.1, -0.05) is 52.4 Å². The summed E-state index contributed by atoms with van der Waals surface area (Å²) in [4.78, 5) is 0. The fourth-order valence-corrected chi connectivity index (χ4v) is 11.2. The summed E-state index contributed by atoms with van der Waals surface area (Å²) < 4.78 is 0. The van der Waals surface area contributed by atoms with Crippen LogP contribution in [-0.4, -0.2) is 0 Å². The van der Waals surface area contributed by atoms with Crippen molar-refractivity contribution in [2.45, 2.75) is 104 Å². The fourth-order valence-electron chi connectivity index (χ4n) is 11.2. The van der Waals surface area contributed by atoms with E-state index in [0.29, 0.717) is 0 Å². The lowest BCUT2D eigenvalue weighted by Crippen LogP contribution is -2.47. The van der Waals surface area contributed by atoms with Gasteiger partial charge in [0.1, 0.15) is 0 Å². The van der Waals surface area contributed by atoms with Crippen LogP contribution in [0.25, 0.3) is 0 Å². The molecule has 0 saturated heterocycles. The van der Waals surface area contributed by atoms with Crippen LogP contribution in [0.5, 0.6) is 0 Å². The van der Waals surface area contributed by atoms with Gasteiger partial charge in [0.2, 0.25) is 0 Å². The summed E-state index contributed by atoms with van der Waals surface area (Å²) in [6, 6.07) is 0. The molecule has 10 unspecified atom stereocenters. The van der Waals surface area contributed by atoms with Gasteiger partial charge in [-0.3, -0.25) is 0 Å². The van der Waals surface area contributed by atoms with Gasteiger partial charge in [-0.2, -0.15) is 0 Å². The summed E-state index contributed by atoms with van der Waals surface area (Å²) in [5, 5.41) is 0. The Labute approximate surface area is 168 Å². The molecule has 152 valence electrons. The first-order chi connectivity index (χ1) is 13.2. The van der Waals surface area contributed by atoms with E-state index < -0.39 is 0 Å². The Kier molecular flexibility index (Phi) is 4.29. The summed E-state index contributed by atoms with van der Waals surface area (Å²) >= 11 is 0. The average Bonchev–Trinajstić information content (AvgIpc) is 3.14. The van der Waals surface area contributed by atoms with E-state index in [4.69, 9.17) is 0 Å². The molecule has 0 amide bonds. The largest absolute Gasteiger partial charge is 0.0625 e. The normalized spacial score (nSPS) is 59.8. The molecule has 0 heteroatoms. The Morgan fingerprint density at radius 1 is 0.444 bits per heavy atom. The number of rotatable bonds is 0. The highest BCUT2D eigenvalue weighted by molar-refractivity contribution is 5.19. The minimum atomic E-state index is 0.814. The van der Waals surface area contributed by atoms with Gasteiger partial charge < -0.3 is 0 Å². The Morgan fingerprint density at radius 2 is 0.852 bits per heavy atom. The van der Waals surface area contributed by atoms with Gasteiger partial charge in [-0.25, -0.2) is 0 Å². The summed E-state index contributed by atoms with van der Waals surface area (Å²) in [5.74, 6) is 11.2. The second-order valence-electron chi connectivity index (χ2n) is 12.5. The summed E-state index contributed by atoms with van der Waals surface area (Å²) in [6.45, 7) is 5.22. The van der Waals surface area contributed by atoms with Gasteiger partial charge in [0, 0.05) is 0 Å². The maximum absolute atomic E-state index is 2.61. The Balaban J connectivity index is 1.50. The Morgan fingerprint density at radius 3 is 1.33 bits per heavy atom. The highest BCUT2D eigenvalue weighted by Crippen LogP contribution is 2.77. The van der Waals surface area contributed by atoms with Crippen LogP contribution in [0.3, 0.4) is 0 Å². The van der Waals surface area contributed by atoms with Crippen molar-refractivity contribution in [3.05, 3.63) is 0 Å². The highest BCUT2D eigenvalue weighted by atomic mass is 14.8. The first-order valence-corrected chi connectivity index (χ1v) is 13.2. The lowest BCUT2D eigenvalue weighted by molar-refractivity contribution is -0.0465. The molecule has 0 aliphatic heterocycles. The second-order valence-corrected chi connectivity index (χ2v) is 12.5. The van der Waals surface area contributed by atoms with Crippen LogP contribution in [0.15, 0.2) is 0 Å². The highest BCUT2D eigenvalue weighted by Gasteiger charge is 2.71. The van der Waals surface area contributed by atoms with Crippen molar-refractivity contribution in [3.63, 3.8) is 0 Å². The van der Waals surface area contributed by atoms with Crippen LogP contribution in [0.4, 0.5) is 0 Å². The maximum atomic E-state index is 2.61. The first-order valence-electron chi connectivity index (χ1n) is 13.2. The minimum Gasteiger partial charge on any atom is -0.0625 e. The van der Waals surface area contributed by atoms with Gasteiger partial charge in [0.25, 0.3) is 0 Å². The van der Waals surface area contributed by atoms with Gasteiger partial charge in [-0.05, 0) is 116 Å². The first kappa shape index (κ1) is 17.8.